The van der Waals surface area contributed by atoms with Crippen LogP contribution in [0.1, 0.15) is 48.5 Å². The summed E-state index contributed by atoms with van der Waals surface area (Å²) in [6, 6.07) is 18.6. The molecule has 2 heterocycles. The number of nitrogens with zero attached hydrogens (tertiary/aromatic N) is 1. The van der Waals surface area contributed by atoms with E-state index in [0.29, 0.717) is 31.1 Å². The fraction of sp³-hybridized carbons (Fsp3) is 0.344. The van der Waals surface area contributed by atoms with Crippen LogP contribution in [0.3, 0.4) is 0 Å². The maximum absolute atomic E-state index is 13.4. The minimum absolute atomic E-state index is 0.170. The van der Waals surface area contributed by atoms with E-state index in [4.69, 9.17) is 26.2 Å². The number of fused-ring (bicyclic) bond motifs is 3. The van der Waals surface area contributed by atoms with E-state index >= 15 is 0 Å². The van der Waals surface area contributed by atoms with Gasteiger partial charge in [0, 0.05) is 34.7 Å². The van der Waals surface area contributed by atoms with Crippen LogP contribution in [0.25, 0.3) is 10.9 Å². The van der Waals surface area contributed by atoms with Crippen LogP contribution in [0.15, 0.2) is 66.7 Å². The number of aliphatic hydroxyl groups excluding tert-OH is 1. The summed E-state index contributed by atoms with van der Waals surface area (Å²) in [5.41, 5.74) is 3.93. The lowest BCUT2D eigenvalue weighted by atomic mass is 9.92. The number of benzene rings is 3. The van der Waals surface area contributed by atoms with Crippen molar-refractivity contribution in [2.24, 2.45) is 0 Å². The van der Waals surface area contributed by atoms with E-state index in [1.165, 1.54) is 24.3 Å². The van der Waals surface area contributed by atoms with Crippen LogP contribution in [-0.2, 0) is 6.42 Å². The lowest BCUT2D eigenvalue weighted by molar-refractivity contribution is 0.135. The Labute approximate surface area is 244 Å². The number of aliphatic hydroxyl groups is 1. The van der Waals surface area contributed by atoms with Gasteiger partial charge in [0.1, 0.15) is 23.4 Å². The predicted molar refractivity (Wildman–Crippen MR) is 158 cm³/mol. The number of carbonyl (C=O) groups excluding carboxylic acids is 1. The largest absolute Gasteiger partial charge is 0.494 e. The van der Waals surface area contributed by atoms with Crippen LogP contribution in [-0.4, -0.2) is 53.9 Å². The number of aromatic amines is 1. The van der Waals surface area contributed by atoms with Crippen molar-refractivity contribution in [2.45, 2.75) is 38.1 Å². The molecule has 0 bridgehead atoms. The van der Waals surface area contributed by atoms with E-state index in [0.717, 1.165) is 65.7 Å². The van der Waals surface area contributed by atoms with Gasteiger partial charge in [-0.1, -0.05) is 36.6 Å². The van der Waals surface area contributed by atoms with Gasteiger partial charge in [0.05, 0.1) is 13.2 Å². The van der Waals surface area contributed by atoms with Gasteiger partial charge in [-0.25, -0.2) is 9.18 Å². The number of nitrogens with one attached hydrogen (secondary N) is 2. The zero-order valence-corrected chi connectivity index (χ0v) is 23.6. The number of hydrogen-bond donors (Lipinski definition) is 3. The first kappa shape index (κ1) is 28.9. The molecule has 4 aromatic rings. The molecule has 3 aromatic carbocycles. The summed E-state index contributed by atoms with van der Waals surface area (Å²) in [4.78, 5) is 18.6. The molecular formula is C32H35ClFN3O4. The second-order valence-corrected chi connectivity index (χ2v) is 10.6. The predicted octanol–water partition coefficient (Wildman–Crippen LogP) is 6.63. The minimum atomic E-state index is -0.504. The second kappa shape index (κ2) is 13.9. The lowest BCUT2D eigenvalue weighted by Crippen LogP contribution is -2.42. The Balaban J connectivity index is 1.30. The Kier molecular flexibility index (Phi) is 9.77. The first-order valence-corrected chi connectivity index (χ1v) is 14.5. The van der Waals surface area contributed by atoms with Crippen molar-refractivity contribution in [3.05, 3.63) is 94.4 Å². The van der Waals surface area contributed by atoms with Crippen LogP contribution in [0, 0.1) is 5.82 Å². The molecule has 0 saturated carbocycles. The van der Waals surface area contributed by atoms with Crippen molar-refractivity contribution in [3.8, 4) is 11.5 Å². The highest BCUT2D eigenvalue weighted by molar-refractivity contribution is 6.31. The third-order valence-electron chi connectivity index (χ3n) is 7.34. The van der Waals surface area contributed by atoms with Crippen LogP contribution in [0.5, 0.6) is 11.5 Å². The van der Waals surface area contributed by atoms with Crippen LogP contribution < -0.4 is 14.8 Å². The van der Waals surface area contributed by atoms with Gasteiger partial charge < -0.3 is 24.9 Å². The normalized spacial score (nSPS) is 14.7. The lowest BCUT2D eigenvalue weighted by Gasteiger charge is -2.35. The highest BCUT2D eigenvalue weighted by Crippen LogP contribution is 2.40. The van der Waals surface area contributed by atoms with E-state index in [1.54, 1.807) is 4.90 Å². The van der Waals surface area contributed by atoms with E-state index in [-0.39, 0.29) is 12.4 Å². The molecule has 0 saturated heterocycles. The number of H-pyrrole nitrogens is 1. The summed E-state index contributed by atoms with van der Waals surface area (Å²) in [5.74, 6) is 0.670. The SMILES string of the molecule is O=C(Oc1ccc(F)cc1)N1CCc2c([nH]c3ccc(Cl)cc23)C1c1ccc(OCCCCCCNCCO)cc1. The third-order valence-corrected chi connectivity index (χ3v) is 7.58. The molecule has 9 heteroatoms. The summed E-state index contributed by atoms with van der Waals surface area (Å²) in [5, 5.41) is 13.7. The zero-order chi connectivity index (χ0) is 28.6. The third kappa shape index (κ3) is 7.19. The van der Waals surface area contributed by atoms with E-state index < -0.39 is 18.0 Å². The van der Waals surface area contributed by atoms with Gasteiger partial charge in [-0.3, -0.25) is 4.90 Å². The summed E-state index contributed by atoms with van der Waals surface area (Å²) < 4.78 is 25.0. The molecule has 0 aliphatic carbocycles. The Bertz CT molecular complexity index is 1440. The van der Waals surface area contributed by atoms with Gasteiger partial charge in [-0.2, -0.15) is 0 Å². The monoisotopic (exact) mass is 579 g/mol. The van der Waals surface area contributed by atoms with Crippen LogP contribution >= 0.6 is 11.6 Å². The van der Waals surface area contributed by atoms with Gasteiger partial charge in [0.2, 0.25) is 0 Å². The molecule has 0 spiro atoms. The maximum Gasteiger partial charge on any atom is 0.416 e. The molecule has 1 amide bonds. The van der Waals surface area contributed by atoms with Gasteiger partial charge in [0.15, 0.2) is 0 Å². The fourth-order valence-electron chi connectivity index (χ4n) is 5.31. The van der Waals surface area contributed by atoms with Gasteiger partial charge in [0.25, 0.3) is 0 Å². The van der Waals surface area contributed by atoms with E-state index in [2.05, 4.69) is 10.3 Å². The van der Waals surface area contributed by atoms with Crippen LogP contribution in [0.4, 0.5) is 9.18 Å². The summed E-state index contributed by atoms with van der Waals surface area (Å²) in [6.07, 6.45) is 4.38. The van der Waals surface area contributed by atoms with Crippen molar-refractivity contribution in [3.63, 3.8) is 0 Å². The molecule has 0 radical (unpaired) electrons. The standard InChI is InChI=1S/C32H35ClFN3O4/c33-23-7-14-29-28(21-23)27-15-18-37(32(39)41-26-12-8-24(34)9-13-26)31(30(27)36-29)22-5-10-25(11-6-22)40-20-4-2-1-3-16-35-17-19-38/h5-14,21,31,35-36,38H,1-4,15-20H2. The molecule has 7 nitrogen and oxygen atoms in total. The van der Waals surface area contributed by atoms with Crippen molar-refractivity contribution in [1.29, 1.82) is 0 Å². The Morgan fingerprint density at radius 1 is 1.00 bits per heavy atom. The van der Waals surface area contributed by atoms with Gasteiger partial charge in [-0.05, 0) is 91.5 Å². The molecule has 5 rings (SSSR count). The molecule has 216 valence electrons. The van der Waals surface area contributed by atoms with Crippen molar-refractivity contribution in [1.82, 2.24) is 15.2 Å². The van der Waals surface area contributed by atoms with E-state index in [9.17, 15) is 9.18 Å². The quantitative estimate of drug-likeness (QED) is 0.164. The van der Waals surface area contributed by atoms with Gasteiger partial charge in [-0.15, -0.1) is 0 Å². The minimum Gasteiger partial charge on any atom is -0.494 e. The molecular weight excluding hydrogens is 545 g/mol. The molecule has 0 fully saturated rings. The molecule has 41 heavy (non-hydrogen) atoms. The first-order valence-electron chi connectivity index (χ1n) is 14.1. The zero-order valence-electron chi connectivity index (χ0n) is 22.9. The van der Waals surface area contributed by atoms with Crippen molar-refractivity contribution in [2.75, 3.05) is 32.8 Å². The molecule has 1 atom stereocenters. The van der Waals surface area contributed by atoms with Crippen LogP contribution in [0.2, 0.25) is 5.02 Å². The Hall–Kier alpha value is -3.59. The summed E-state index contributed by atoms with van der Waals surface area (Å²) >= 11 is 6.31. The smallest absolute Gasteiger partial charge is 0.416 e. The number of carbonyl (C=O) groups is 1. The average molecular weight is 580 g/mol. The average Bonchev–Trinajstić information content (AvgIpc) is 3.35. The molecule has 3 N–H and O–H groups in total. The van der Waals surface area contributed by atoms with Gasteiger partial charge >= 0.3 is 6.09 Å². The highest BCUT2D eigenvalue weighted by atomic mass is 35.5. The topological polar surface area (TPSA) is 86.8 Å². The fourth-order valence-corrected chi connectivity index (χ4v) is 5.48. The number of ether oxygens (including phenoxy) is 2. The van der Waals surface area contributed by atoms with E-state index in [1.807, 2.05) is 42.5 Å². The molecule has 1 aromatic heterocycles. The number of unbranched alkanes of at least 4 members (excludes halogenated alkanes) is 3. The first-order chi connectivity index (χ1) is 20.0. The number of hydrogen-bond acceptors (Lipinski definition) is 5. The molecule has 1 aliphatic heterocycles. The molecule has 1 unspecified atom stereocenters. The number of aromatic nitrogens is 1. The maximum atomic E-state index is 13.4. The Morgan fingerprint density at radius 2 is 1.76 bits per heavy atom. The number of rotatable bonds is 12. The highest BCUT2D eigenvalue weighted by Gasteiger charge is 2.35. The van der Waals surface area contributed by atoms with Crippen molar-refractivity contribution < 1.29 is 23.8 Å². The number of amides is 1. The Morgan fingerprint density at radius 3 is 2.54 bits per heavy atom. The molecule has 1 aliphatic rings. The summed E-state index contributed by atoms with van der Waals surface area (Å²) in [6.45, 7) is 2.82. The van der Waals surface area contributed by atoms with Crippen molar-refractivity contribution >= 4 is 28.6 Å². The number of halogens is 2. The second-order valence-electron chi connectivity index (χ2n) is 10.2. The summed E-state index contributed by atoms with van der Waals surface area (Å²) in [7, 11) is 0.